The average Bonchev–Trinajstić information content (AvgIpc) is 3.06. The Morgan fingerprint density at radius 2 is 2.13 bits per heavy atom. The van der Waals surface area contributed by atoms with Crippen LogP contribution in [0.15, 0.2) is 27.5 Å². The lowest BCUT2D eigenvalue weighted by Gasteiger charge is -2.46. The Labute approximate surface area is 131 Å². The van der Waals surface area contributed by atoms with E-state index in [9.17, 15) is 9.59 Å². The highest BCUT2D eigenvalue weighted by atomic mass is 16.5. The summed E-state index contributed by atoms with van der Waals surface area (Å²) in [7, 11) is 0. The Morgan fingerprint density at radius 1 is 1.35 bits per heavy atom. The molecule has 4 rings (SSSR count). The number of nitrogens with zero attached hydrogens (tertiary/aromatic N) is 3. The van der Waals surface area contributed by atoms with Crippen molar-refractivity contribution in [2.24, 2.45) is 0 Å². The molecule has 0 aromatic carbocycles. The molecule has 2 aromatic rings. The van der Waals surface area contributed by atoms with Crippen LogP contribution in [0.2, 0.25) is 0 Å². The van der Waals surface area contributed by atoms with E-state index in [-0.39, 0.29) is 17.5 Å². The highest BCUT2D eigenvalue weighted by molar-refractivity contribution is 5.89. The van der Waals surface area contributed by atoms with Crippen LogP contribution in [0.4, 0.5) is 0 Å². The van der Waals surface area contributed by atoms with Crippen molar-refractivity contribution in [2.75, 3.05) is 13.1 Å². The molecule has 23 heavy (non-hydrogen) atoms. The van der Waals surface area contributed by atoms with Gasteiger partial charge in [-0.1, -0.05) is 11.6 Å². The predicted octanol–water partition coefficient (Wildman–Crippen LogP) is 1.41. The molecule has 2 aliphatic rings. The molecule has 120 valence electrons. The van der Waals surface area contributed by atoms with E-state index in [4.69, 9.17) is 14.0 Å². The van der Waals surface area contributed by atoms with Crippen LogP contribution in [0.1, 0.15) is 47.3 Å². The minimum absolute atomic E-state index is 0.0433. The molecule has 0 spiro atoms. The van der Waals surface area contributed by atoms with Gasteiger partial charge in [-0.3, -0.25) is 4.79 Å². The standard InChI is InChI=1S/C15H15N3O5/c19-13(20)10-8-22-12(17-10)9-6-18(7-9)14(21)15(3-1-4-15)11-2-5-16-23-11/h2,5,8-9H,1,3-4,6-7H2,(H,19,20). The zero-order valence-corrected chi connectivity index (χ0v) is 12.3. The van der Waals surface area contributed by atoms with Crippen molar-refractivity contribution < 1.29 is 23.6 Å². The van der Waals surface area contributed by atoms with Gasteiger partial charge in [-0.2, -0.15) is 0 Å². The summed E-state index contributed by atoms with van der Waals surface area (Å²) in [4.78, 5) is 29.3. The van der Waals surface area contributed by atoms with Crippen LogP contribution >= 0.6 is 0 Å². The molecule has 2 fully saturated rings. The smallest absolute Gasteiger partial charge is 0.357 e. The van der Waals surface area contributed by atoms with Gasteiger partial charge in [0.05, 0.1) is 12.1 Å². The zero-order chi connectivity index (χ0) is 16.0. The van der Waals surface area contributed by atoms with Gasteiger partial charge in [0, 0.05) is 19.2 Å². The summed E-state index contributed by atoms with van der Waals surface area (Å²) in [6.45, 7) is 0.961. The second-order valence-electron chi connectivity index (χ2n) is 6.10. The lowest BCUT2D eigenvalue weighted by Crippen LogP contribution is -2.58. The molecule has 1 N–H and O–H groups in total. The Bertz CT molecular complexity index is 741. The molecule has 3 heterocycles. The molecule has 1 amide bonds. The number of aromatic carboxylic acids is 1. The molecule has 8 heteroatoms. The van der Waals surface area contributed by atoms with Crippen molar-refractivity contribution in [2.45, 2.75) is 30.6 Å². The van der Waals surface area contributed by atoms with Gasteiger partial charge in [0.15, 0.2) is 11.5 Å². The number of oxazole rings is 1. The van der Waals surface area contributed by atoms with E-state index in [0.29, 0.717) is 24.7 Å². The molecule has 1 aliphatic heterocycles. The van der Waals surface area contributed by atoms with E-state index in [0.717, 1.165) is 25.5 Å². The minimum atomic E-state index is -1.12. The van der Waals surface area contributed by atoms with Crippen LogP contribution in [0, 0.1) is 0 Å². The first-order valence-corrected chi connectivity index (χ1v) is 7.49. The first-order valence-electron chi connectivity index (χ1n) is 7.49. The monoisotopic (exact) mass is 317 g/mol. The Balaban J connectivity index is 1.45. The third kappa shape index (κ3) is 2.05. The fourth-order valence-corrected chi connectivity index (χ4v) is 3.24. The van der Waals surface area contributed by atoms with E-state index in [2.05, 4.69) is 10.1 Å². The first-order chi connectivity index (χ1) is 11.1. The zero-order valence-electron chi connectivity index (χ0n) is 12.3. The average molecular weight is 317 g/mol. The van der Waals surface area contributed by atoms with Crippen LogP contribution in [-0.2, 0) is 10.2 Å². The van der Waals surface area contributed by atoms with Crippen molar-refractivity contribution in [3.8, 4) is 0 Å². The van der Waals surface area contributed by atoms with Crippen LogP contribution in [0.5, 0.6) is 0 Å². The quantitative estimate of drug-likeness (QED) is 0.907. The molecule has 8 nitrogen and oxygen atoms in total. The molecular formula is C15H15N3O5. The van der Waals surface area contributed by atoms with Gasteiger partial charge in [0.25, 0.3) is 0 Å². The fraction of sp³-hybridized carbons (Fsp3) is 0.467. The number of carboxylic acids is 1. The summed E-state index contributed by atoms with van der Waals surface area (Å²) < 4.78 is 10.4. The lowest BCUT2D eigenvalue weighted by molar-refractivity contribution is -0.147. The summed E-state index contributed by atoms with van der Waals surface area (Å²) in [5, 5.41) is 12.6. The largest absolute Gasteiger partial charge is 0.476 e. The summed E-state index contributed by atoms with van der Waals surface area (Å²) in [6, 6.07) is 1.75. The number of rotatable bonds is 4. The number of hydrogen-bond donors (Lipinski definition) is 1. The van der Waals surface area contributed by atoms with Gasteiger partial charge in [0.1, 0.15) is 11.7 Å². The maximum Gasteiger partial charge on any atom is 0.357 e. The topological polar surface area (TPSA) is 110 Å². The summed E-state index contributed by atoms with van der Waals surface area (Å²) >= 11 is 0. The number of aromatic nitrogens is 2. The van der Waals surface area contributed by atoms with Crippen molar-refractivity contribution in [3.63, 3.8) is 0 Å². The third-order valence-corrected chi connectivity index (χ3v) is 4.79. The molecular weight excluding hydrogens is 302 g/mol. The molecule has 0 atom stereocenters. The van der Waals surface area contributed by atoms with Crippen LogP contribution < -0.4 is 0 Å². The first kappa shape index (κ1) is 14.0. The van der Waals surface area contributed by atoms with Gasteiger partial charge in [-0.25, -0.2) is 9.78 Å². The fourth-order valence-electron chi connectivity index (χ4n) is 3.24. The number of carbonyl (C=O) groups is 2. The predicted molar refractivity (Wildman–Crippen MR) is 74.8 cm³/mol. The molecule has 0 radical (unpaired) electrons. The maximum absolute atomic E-state index is 12.8. The van der Waals surface area contributed by atoms with Crippen molar-refractivity contribution in [1.82, 2.24) is 15.0 Å². The van der Waals surface area contributed by atoms with Gasteiger partial charge in [-0.15, -0.1) is 0 Å². The van der Waals surface area contributed by atoms with Crippen molar-refractivity contribution in [3.05, 3.63) is 35.9 Å². The van der Waals surface area contributed by atoms with Crippen LogP contribution in [0.25, 0.3) is 0 Å². The number of carbonyl (C=O) groups excluding carboxylic acids is 1. The van der Waals surface area contributed by atoms with Crippen LogP contribution in [0.3, 0.4) is 0 Å². The number of hydrogen-bond acceptors (Lipinski definition) is 6. The van der Waals surface area contributed by atoms with Gasteiger partial charge in [0.2, 0.25) is 11.8 Å². The van der Waals surface area contributed by atoms with Crippen LogP contribution in [-0.4, -0.2) is 45.1 Å². The molecule has 0 unspecified atom stereocenters. The minimum Gasteiger partial charge on any atom is -0.476 e. The Kier molecular flexibility index (Phi) is 3.00. The van der Waals surface area contributed by atoms with Crippen molar-refractivity contribution >= 4 is 11.9 Å². The number of likely N-dealkylation sites (tertiary alicyclic amines) is 1. The number of amides is 1. The van der Waals surface area contributed by atoms with Gasteiger partial charge < -0.3 is 18.9 Å². The highest BCUT2D eigenvalue weighted by Gasteiger charge is 2.53. The van der Waals surface area contributed by atoms with Crippen molar-refractivity contribution in [1.29, 1.82) is 0 Å². The van der Waals surface area contributed by atoms with E-state index in [1.54, 1.807) is 17.2 Å². The SMILES string of the molecule is O=C(O)c1coc(C2CN(C(=O)C3(c4ccno4)CCC3)C2)n1. The van der Waals surface area contributed by atoms with E-state index >= 15 is 0 Å². The molecule has 2 aromatic heterocycles. The Hall–Kier alpha value is -2.64. The summed E-state index contributed by atoms with van der Waals surface area (Å²) in [6.07, 6.45) is 5.21. The Morgan fingerprint density at radius 3 is 2.65 bits per heavy atom. The van der Waals surface area contributed by atoms with E-state index in [1.165, 1.54) is 0 Å². The second kappa shape index (κ2) is 4.94. The van der Waals surface area contributed by atoms with Gasteiger partial charge >= 0.3 is 5.97 Å². The molecule has 1 aliphatic carbocycles. The molecule has 1 saturated carbocycles. The van der Waals surface area contributed by atoms with E-state index in [1.807, 2.05) is 0 Å². The van der Waals surface area contributed by atoms with Gasteiger partial charge in [-0.05, 0) is 12.8 Å². The maximum atomic E-state index is 12.8. The number of carboxylic acid groups (broad SMARTS) is 1. The molecule has 1 saturated heterocycles. The summed E-state index contributed by atoms with van der Waals surface area (Å²) in [5.41, 5.74) is -0.688. The molecule has 0 bridgehead atoms. The summed E-state index contributed by atoms with van der Waals surface area (Å²) in [5.74, 6) is -0.137. The lowest BCUT2D eigenvalue weighted by atomic mass is 9.65. The van der Waals surface area contributed by atoms with E-state index < -0.39 is 11.4 Å². The second-order valence-corrected chi connectivity index (χ2v) is 6.10. The third-order valence-electron chi connectivity index (χ3n) is 4.79. The normalized spacial score (nSPS) is 19.9. The highest BCUT2D eigenvalue weighted by Crippen LogP contribution is 2.46.